The molecule has 1 N–H and O–H groups in total. The summed E-state index contributed by atoms with van der Waals surface area (Å²) < 4.78 is 13.3. The van der Waals surface area contributed by atoms with Gasteiger partial charge in [-0.15, -0.1) is 11.8 Å². The van der Waals surface area contributed by atoms with E-state index in [2.05, 4.69) is 5.32 Å². The van der Waals surface area contributed by atoms with Crippen molar-refractivity contribution in [3.63, 3.8) is 0 Å². The van der Waals surface area contributed by atoms with E-state index in [1.807, 2.05) is 6.07 Å². The molecule has 1 atom stereocenters. The van der Waals surface area contributed by atoms with Gasteiger partial charge in [-0.3, -0.25) is 14.9 Å². The Hall–Kier alpha value is -2.12. The van der Waals surface area contributed by atoms with Gasteiger partial charge in [-0.25, -0.2) is 0 Å². The highest BCUT2D eigenvalue weighted by Gasteiger charge is 2.19. The molecular weight excluding hydrogens is 343 g/mol. The smallest absolute Gasteiger partial charge is 0.306 e. The summed E-state index contributed by atoms with van der Waals surface area (Å²) in [7, 11) is 0. The lowest BCUT2D eigenvalue weighted by molar-refractivity contribution is -0.387. The molecule has 2 rings (SSSR count). The van der Waals surface area contributed by atoms with Gasteiger partial charge >= 0.3 is 5.69 Å². The van der Waals surface area contributed by atoms with Crippen LogP contribution in [0.15, 0.2) is 47.4 Å². The van der Waals surface area contributed by atoms with Gasteiger partial charge in [-0.05, 0) is 31.2 Å². The molecule has 0 bridgehead atoms. The lowest BCUT2D eigenvalue weighted by Crippen LogP contribution is -2.22. The van der Waals surface area contributed by atoms with Crippen LogP contribution in [0, 0.1) is 15.9 Å². The number of hydrogen-bond donors (Lipinski definition) is 1. The maximum atomic E-state index is 13.3. The van der Waals surface area contributed by atoms with E-state index in [-0.39, 0.29) is 11.6 Å². The number of rotatable bonds is 5. The summed E-state index contributed by atoms with van der Waals surface area (Å²) in [6, 6.07) is 10.3. The molecule has 0 radical (unpaired) electrons. The maximum absolute atomic E-state index is 13.3. The fraction of sp³-hybridized carbons (Fsp3) is 0.133. The minimum Gasteiger partial charge on any atom is -0.325 e. The Balaban J connectivity index is 2.08. The summed E-state index contributed by atoms with van der Waals surface area (Å²) in [5.41, 5.74) is -0.524. The summed E-state index contributed by atoms with van der Waals surface area (Å²) in [5, 5.41) is 13.3. The van der Waals surface area contributed by atoms with E-state index in [1.54, 1.807) is 25.1 Å². The van der Waals surface area contributed by atoms with Crippen LogP contribution in [0.25, 0.3) is 0 Å². The maximum Gasteiger partial charge on any atom is 0.306 e. The van der Waals surface area contributed by atoms with Crippen molar-refractivity contribution in [1.29, 1.82) is 0 Å². The molecular formula is C15H12ClFN2O3S. The summed E-state index contributed by atoms with van der Waals surface area (Å²) in [4.78, 5) is 22.8. The standard InChI is InChI=1S/C15H12ClFN2O3S/c1-9(23-14-5-3-2-4-11(14)16)15(20)18-10-6-7-12(17)13(8-10)19(21)22/h2-9H,1H3,(H,18,20)/t9-/m1/s1. The van der Waals surface area contributed by atoms with E-state index in [0.717, 1.165) is 17.0 Å². The van der Waals surface area contributed by atoms with E-state index < -0.39 is 21.7 Å². The van der Waals surface area contributed by atoms with E-state index >= 15 is 0 Å². The number of benzene rings is 2. The van der Waals surface area contributed by atoms with Gasteiger partial charge in [-0.2, -0.15) is 4.39 Å². The third-order valence-electron chi connectivity index (χ3n) is 2.92. The molecule has 0 heterocycles. The van der Waals surface area contributed by atoms with Gasteiger partial charge in [0.1, 0.15) is 0 Å². The Kier molecular flexibility index (Phi) is 5.57. The summed E-state index contributed by atoms with van der Waals surface area (Å²) in [6.45, 7) is 1.68. The first-order valence-corrected chi connectivity index (χ1v) is 7.80. The van der Waals surface area contributed by atoms with Gasteiger partial charge in [0.05, 0.1) is 15.2 Å². The molecule has 2 aromatic rings. The van der Waals surface area contributed by atoms with Gasteiger partial charge in [0.2, 0.25) is 11.7 Å². The van der Waals surface area contributed by atoms with Crippen molar-refractivity contribution in [1.82, 2.24) is 0 Å². The number of carbonyl (C=O) groups excluding carboxylic acids is 1. The number of nitrogens with one attached hydrogen (secondary N) is 1. The van der Waals surface area contributed by atoms with Crippen LogP contribution < -0.4 is 5.32 Å². The van der Waals surface area contributed by atoms with E-state index in [4.69, 9.17) is 11.6 Å². The minimum atomic E-state index is -0.952. The second kappa shape index (κ2) is 7.43. The van der Waals surface area contributed by atoms with E-state index in [1.165, 1.54) is 17.8 Å². The van der Waals surface area contributed by atoms with Gasteiger partial charge in [0, 0.05) is 16.6 Å². The van der Waals surface area contributed by atoms with Crippen LogP contribution in [0.4, 0.5) is 15.8 Å². The highest BCUT2D eigenvalue weighted by Crippen LogP contribution is 2.30. The molecule has 0 saturated heterocycles. The summed E-state index contributed by atoms with van der Waals surface area (Å²) in [5.74, 6) is -1.32. The van der Waals surface area contributed by atoms with Crippen molar-refractivity contribution >= 4 is 40.6 Å². The van der Waals surface area contributed by atoms with Crippen LogP contribution >= 0.6 is 23.4 Å². The highest BCUT2D eigenvalue weighted by molar-refractivity contribution is 8.00. The highest BCUT2D eigenvalue weighted by atomic mass is 35.5. The monoisotopic (exact) mass is 354 g/mol. The molecule has 1 amide bonds. The zero-order chi connectivity index (χ0) is 17.0. The first-order valence-electron chi connectivity index (χ1n) is 6.54. The number of nitro groups is 1. The number of anilines is 1. The Labute approximate surface area is 141 Å². The Morgan fingerprint density at radius 1 is 1.35 bits per heavy atom. The van der Waals surface area contributed by atoms with Crippen molar-refractivity contribution in [3.8, 4) is 0 Å². The molecule has 0 fully saturated rings. The predicted octanol–water partition coefficient (Wildman–Crippen LogP) is 4.51. The van der Waals surface area contributed by atoms with E-state index in [0.29, 0.717) is 5.02 Å². The van der Waals surface area contributed by atoms with Crippen LogP contribution in [0.5, 0.6) is 0 Å². The number of amides is 1. The fourth-order valence-electron chi connectivity index (χ4n) is 1.76. The molecule has 120 valence electrons. The molecule has 0 aromatic heterocycles. The molecule has 5 nitrogen and oxygen atoms in total. The van der Waals surface area contributed by atoms with Crippen LogP contribution in [-0.4, -0.2) is 16.1 Å². The van der Waals surface area contributed by atoms with Crippen LogP contribution in [0.1, 0.15) is 6.92 Å². The van der Waals surface area contributed by atoms with Gasteiger partial charge in [0.25, 0.3) is 0 Å². The molecule has 0 spiro atoms. The Morgan fingerprint density at radius 3 is 2.70 bits per heavy atom. The van der Waals surface area contributed by atoms with E-state index in [9.17, 15) is 19.3 Å². The van der Waals surface area contributed by atoms with Crippen LogP contribution in [0.3, 0.4) is 0 Å². The average Bonchev–Trinajstić information content (AvgIpc) is 2.51. The fourth-order valence-corrected chi connectivity index (χ4v) is 2.91. The molecule has 0 aliphatic carbocycles. The van der Waals surface area contributed by atoms with Crippen molar-refractivity contribution in [2.45, 2.75) is 17.1 Å². The third-order valence-corrected chi connectivity index (χ3v) is 4.54. The lowest BCUT2D eigenvalue weighted by Gasteiger charge is -2.12. The predicted molar refractivity (Wildman–Crippen MR) is 88.5 cm³/mol. The zero-order valence-corrected chi connectivity index (χ0v) is 13.5. The molecule has 8 heteroatoms. The first kappa shape index (κ1) is 17.2. The van der Waals surface area contributed by atoms with Crippen LogP contribution in [-0.2, 0) is 4.79 Å². The zero-order valence-electron chi connectivity index (χ0n) is 12.0. The molecule has 0 aliphatic heterocycles. The number of nitrogens with zero attached hydrogens (tertiary/aromatic N) is 1. The van der Waals surface area contributed by atoms with Gasteiger partial charge < -0.3 is 5.32 Å². The second-order valence-electron chi connectivity index (χ2n) is 4.60. The summed E-state index contributed by atoms with van der Waals surface area (Å²) in [6.07, 6.45) is 0. The van der Waals surface area contributed by atoms with Crippen molar-refractivity contribution in [2.24, 2.45) is 0 Å². The molecule has 0 aliphatic rings. The van der Waals surface area contributed by atoms with Crippen LogP contribution in [0.2, 0.25) is 5.02 Å². The number of carbonyl (C=O) groups is 1. The lowest BCUT2D eigenvalue weighted by atomic mass is 10.2. The molecule has 23 heavy (non-hydrogen) atoms. The average molecular weight is 355 g/mol. The minimum absolute atomic E-state index is 0.162. The van der Waals surface area contributed by atoms with Crippen molar-refractivity contribution in [3.05, 3.63) is 63.4 Å². The SMILES string of the molecule is C[C@@H](Sc1ccccc1Cl)C(=O)Nc1ccc(F)c([N+](=O)[O-])c1. The largest absolute Gasteiger partial charge is 0.325 e. The van der Waals surface area contributed by atoms with Gasteiger partial charge in [-0.1, -0.05) is 23.7 Å². The number of thioether (sulfide) groups is 1. The molecule has 0 saturated carbocycles. The number of halogens is 2. The molecule has 0 unspecified atom stereocenters. The van der Waals surface area contributed by atoms with Gasteiger partial charge in [0.15, 0.2) is 0 Å². The second-order valence-corrected chi connectivity index (χ2v) is 6.39. The van der Waals surface area contributed by atoms with Crippen molar-refractivity contribution in [2.75, 3.05) is 5.32 Å². The quantitative estimate of drug-likeness (QED) is 0.487. The Morgan fingerprint density at radius 2 is 2.04 bits per heavy atom. The first-order chi connectivity index (χ1) is 10.9. The Bertz CT molecular complexity index is 757. The summed E-state index contributed by atoms with van der Waals surface area (Å²) >= 11 is 7.30. The number of nitro benzene ring substituents is 1. The topological polar surface area (TPSA) is 72.2 Å². The normalized spacial score (nSPS) is 11.8. The van der Waals surface area contributed by atoms with Crippen molar-refractivity contribution < 1.29 is 14.1 Å². The molecule has 2 aromatic carbocycles. The third kappa shape index (κ3) is 4.43. The number of hydrogen-bond acceptors (Lipinski definition) is 4.